The van der Waals surface area contributed by atoms with Crippen LogP contribution in [0.25, 0.3) is 4.96 Å². The van der Waals surface area contributed by atoms with Crippen molar-refractivity contribution in [3.63, 3.8) is 0 Å². The smallest absolute Gasteiger partial charge is 0.275 e. The summed E-state index contributed by atoms with van der Waals surface area (Å²) in [6.07, 6.45) is 1.08. The molecule has 0 bridgehead atoms. The molecule has 0 saturated carbocycles. The molecule has 7 nitrogen and oxygen atoms in total. The van der Waals surface area contributed by atoms with Crippen LogP contribution in [0.3, 0.4) is 0 Å². The predicted octanol–water partition coefficient (Wildman–Crippen LogP) is -0.114. The number of fused-ring (bicyclic) bond motifs is 2. The Morgan fingerprint density at radius 1 is 1.50 bits per heavy atom. The molecule has 0 amide bonds. The number of morpholine rings is 1. The number of hydrogen-bond donors (Lipinski definition) is 1. The van der Waals surface area contributed by atoms with E-state index >= 15 is 0 Å². The van der Waals surface area contributed by atoms with Crippen molar-refractivity contribution < 1.29 is 4.74 Å². The molecule has 0 radical (unpaired) electrons. The summed E-state index contributed by atoms with van der Waals surface area (Å²) in [4.78, 5) is 19.8. The number of rotatable bonds is 3. The van der Waals surface area contributed by atoms with Gasteiger partial charge in [0.15, 0.2) is 0 Å². The molecule has 4 rings (SSSR count). The highest BCUT2D eigenvalue weighted by Crippen LogP contribution is 2.18. The Bertz CT molecular complexity index is 728. The third-order valence-corrected chi connectivity index (χ3v) is 5.26. The van der Waals surface area contributed by atoms with E-state index in [1.165, 1.54) is 15.9 Å². The first-order chi connectivity index (χ1) is 10.7. The van der Waals surface area contributed by atoms with Gasteiger partial charge in [0.1, 0.15) is 5.01 Å². The van der Waals surface area contributed by atoms with Gasteiger partial charge < -0.3 is 10.1 Å². The molecule has 2 aromatic heterocycles. The fourth-order valence-corrected chi connectivity index (χ4v) is 4.01. The van der Waals surface area contributed by atoms with Gasteiger partial charge in [-0.3, -0.25) is 9.69 Å². The van der Waals surface area contributed by atoms with Gasteiger partial charge in [-0.15, -0.1) is 0 Å². The highest BCUT2D eigenvalue weighted by molar-refractivity contribution is 7.16. The molecule has 2 saturated heterocycles. The SMILES string of the molecule is CCc1nn2c(=O)cc(CN3C[C@@H]4NCCO[C@H]4C3)nc2s1. The molecule has 0 unspecified atom stereocenters. The summed E-state index contributed by atoms with van der Waals surface area (Å²) in [5, 5.41) is 8.70. The Hall–Kier alpha value is -1.35. The lowest BCUT2D eigenvalue weighted by Crippen LogP contribution is -2.47. The molecule has 22 heavy (non-hydrogen) atoms. The minimum Gasteiger partial charge on any atom is -0.374 e. The Balaban J connectivity index is 1.55. The molecule has 8 heteroatoms. The van der Waals surface area contributed by atoms with Gasteiger partial charge >= 0.3 is 0 Å². The van der Waals surface area contributed by atoms with Crippen LogP contribution in [0, 0.1) is 0 Å². The van der Waals surface area contributed by atoms with Crippen LogP contribution in [0.15, 0.2) is 10.9 Å². The molecule has 2 atom stereocenters. The molecular formula is C14H19N5O2S. The van der Waals surface area contributed by atoms with Crippen molar-refractivity contribution in [2.24, 2.45) is 0 Å². The summed E-state index contributed by atoms with van der Waals surface area (Å²) in [6, 6.07) is 2.00. The standard InChI is InChI=1S/C14H19N5O2S/c1-2-12-17-19-13(20)5-9(16-14(19)22-12)6-18-7-10-11(8-18)21-4-3-15-10/h5,10-11,15H,2-4,6-8H2,1H3/t10-,11-/m0/s1. The molecule has 0 aromatic carbocycles. The van der Waals surface area contributed by atoms with Gasteiger partial charge in [0.25, 0.3) is 5.56 Å². The second kappa shape index (κ2) is 5.69. The fraction of sp³-hybridized carbons (Fsp3) is 0.643. The molecule has 0 spiro atoms. The summed E-state index contributed by atoms with van der Waals surface area (Å²) >= 11 is 1.49. The van der Waals surface area contributed by atoms with E-state index in [9.17, 15) is 4.79 Å². The van der Waals surface area contributed by atoms with E-state index < -0.39 is 0 Å². The third-order valence-electron chi connectivity index (χ3n) is 4.21. The average molecular weight is 321 g/mol. The van der Waals surface area contributed by atoms with E-state index in [-0.39, 0.29) is 11.7 Å². The average Bonchev–Trinajstić information content (AvgIpc) is 3.10. The number of likely N-dealkylation sites (tertiary alicyclic amines) is 1. The summed E-state index contributed by atoms with van der Waals surface area (Å²) < 4.78 is 7.19. The van der Waals surface area contributed by atoms with Crippen LogP contribution in [0.1, 0.15) is 17.6 Å². The van der Waals surface area contributed by atoms with Crippen LogP contribution in [0.2, 0.25) is 0 Å². The van der Waals surface area contributed by atoms with Crippen molar-refractivity contribution in [2.45, 2.75) is 32.0 Å². The zero-order chi connectivity index (χ0) is 15.1. The molecular weight excluding hydrogens is 302 g/mol. The van der Waals surface area contributed by atoms with Gasteiger partial charge in [0.05, 0.1) is 18.4 Å². The van der Waals surface area contributed by atoms with Crippen LogP contribution in [0.5, 0.6) is 0 Å². The zero-order valence-corrected chi connectivity index (χ0v) is 13.3. The minimum atomic E-state index is -0.0954. The molecule has 2 aliphatic heterocycles. The molecule has 2 fully saturated rings. The lowest BCUT2D eigenvalue weighted by molar-refractivity contribution is 0.0175. The van der Waals surface area contributed by atoms with Crippen molar-refractivity contribution in [1.29, 1.82) is 0 Å². The Labute approximate surface area is 131 Å². The summed E-state index contributed by atoms with van der Waals surface area (Å²) in [5.74, 6) is 0. The van der Waals surface area contributed by atoms with Gasteiger partial charge in [0.2, 0.25) is 4.96 Å². The summed E-state index contributed by atoms with van der Waals surface area (Å²) in [7, 11) is 0. The summed E-state index contributed by atoms with van der Waals surface area (Å²) in [5.41, 5.74) is 0.719. The topological polar surface area (TPSA) is 71.8 Å². The Kier molecular flexibility index (Phi) is 3.69. The van der Waals surface area contributed by atoms with Gasteiger partial charge in [-0.05, 0) is 6.42 Å². The van der Waals surface area contributed by atoms with Gasteiger partial charge in [-0.2, -0.15) is 9.61 Å². The quantitative estimate of drug-likeness (QED) is 0.850. The number of hydrogen-bond acceptors (Lipinski definition) is 7. The van der Waals surface area contributed by atoms with Gasteiger partial charge in [0, 0.05) is 38.3 Å². The molecule has 2 aliphatic rings. The van der Waals surface area contributed by atoms with Crippen LogP contribution in [-0.4, -0.2) is 57.9 Å². The van der Waals surface area contributed by atoms with Crippen LogP contribution in [-0.2, 0) is 17.7 Å². The third kappa shape index (κ3) is 2.56. The molecule has 0 aliphatic carbocycles. The molecule has 4 heterocycles. The zero-order valence-electron chi connectivity index (χ0n) is 12.5. The maximum absolute atomic E-state index is 12.2. The highest BCUT2D eigenvalue weighted by atomic mass is 32.1. The van der Waals surface area contributed by atoms with Gasteiger partial charge in [-0.25, -0.2) is 4.98 Å². The lowest BCUT2D eigenvalue weighted by Gasteiger charge is -2.25. The molecule has 118 valence electrons. The fourth-order valence-electron chi connectivity index (χ4n) is 3.15. The first kappa shape index (κ1) is 14.3. The Morgan fingerprint density at radius 3 is 3.23 bits per heavy atom. The van der Waals surface area contributed by atoms with Crippen molar-refractivity contribution >= 4 is 16.3 Å². The van der Waals surface area contributed by atoms with Crippen molar-refractivity contribution in [2.75, 3.05) is 26.2 Å². The Morgan fingerprint density at radius 2 is 2.41 bits per heavy atom. The maximum Gasteiger partial charge on any atom is 0.275 e. The van der Waals surface area contributed by atoms with E-state index in [1.807, 2.05) is 6.92 Å². The predicted molar refractivity (Wildman–Crippen MR) is 83.3 cm³/mol. The number of ether oxygens (including phenoxy) is 1. The van der Waals surface area contributed by atoms with Crippen molar-refractivity contribution in [3.8, 4) is 0 Å². The first-order valence-corrected chi connectivity index (χ1v) is 8.50. The number of nitrogens with zero attached hydrogens (tertiary/aromatic N) is 4. The largest absolute Gasteiger partial charge is 0.374 e. The molecule has 2 aromatic rings. The van der Waals surface area contributed by atoms with E-state index in [4.69, 9.17) is 4.74 Å². The van der Waals surface area contributed by atoms with E-state index in [2.05, 4.69) is 20.3 Å². The van der Waals surface area contributed by atoms with Crippen molar-refractivity contribution in [3.05, 3.63) is 27.1 Å². The van der Waals surface area contributed by atoms with E-state index in [0.29, 0.717) is 17.5 Å². The minimum absolute atomic E-state index is 0.0954. The normalized spacial score (nSPS) is 25.7. The monoisotopic (exact) mass is 321 g/mol. The number of aryl methyl sites for hydroxylation is 1. The second-order valence-electron chi connectivity index (χ2n) is 5.79. The van der Waals surface area contributed by atoms with Crippen LogP contribution in [0.4, 0.5) is 0 Å². The maximum atomic E-state index is 12.2. The van der Waals surface area contributed by atoms with E-state index in [0.717, 1.165) is 43.4 Å². The van der Waals surface area contributed by atoms with Gasteiger partial charge in [-0.1, -0.05) is 18.3 Å². The van der Waals surface area contributed by atoms with Crippen LogP contribution >= 0.6 is 11.3 Å². The summed E-state index contributed by atoms with van der Waals surface area (Å²) in [6.45, 7) is 6.24. The first-order valence-electron chi connectivity index (χ1n) is 7.69. The van der Waals surface area contributed by atoms with Crippen molar-refractivity contribution in [1.82, 2.24) is 24.8 Å². The number of nitrogens with one attached hydrogen (secondary N) is 1. The van der Waals surface area contributed by atoms with E-state index in [1.54, 1.807) is 6.07 Å². The number of aromatic nitrogens is 3. The lowest BCUT2D eigenvalue weighted by atomic mass is 10.2. The highest BCUT2D eigenvalue weighted by Gasteiger charge is 2.35. The second-order valence-corrected chi connectivity index (χ2v) is 6.83. The van der Waals surface area contributed by atoms with Crippen LogP contribution < -0.4 is 10.9 Å². The molecule has 1 N–H and O–H groups in total.